The highest BCUT2D eigenvalue weighted by Crippen LogP contribution is 2.21. The number of hydrogen-bond acceptors (Lipinski definition) is 6. The molecule has 0 atom stereocenters. The summed E-state index contributed by atoms with van der Waals surface area (Å²) in [6.07, 6.45) is 10.3. The van der Waals surface area contributed by atoms with Crippen LogP contribution in [0.5, 0.6) is 0 Å². The zero-order valence-corrected chi connectivity index (χ0v) is 15.0. The van der Waals surface area contributed by atoms with Crippen LogP contribution in [0.3, 0.4) is 0 Å². The van der Waals surface area contributed by atoms with Gasteiger partial charge in [-0.3, -0.25) is 0 Å². The summed E-state index contributed by atoms with van der Waals surface area (Å²) in [6, 6.07) is 1.22. The molecule has 1 aliphatic heterocycles. The lowest BCUT2D eigenvalue weighted by molar-refractivity contribution is -0.135. The molecule has 0 aromatic heterocycles. The van der Waals surface area contributed by atoms with Crippen LogP contribution in [-0.2, 0) is 9.53 Å². The maximum atomic E-state index is 12.0. The molecule has 0 amide bonds. The Hall–Kier alpha value is -1.69. The van der Waals surface area contributed by atoms with Crippen LogP contribution in [0.2, 0.25) is 0 Å². The van der Waals surface area contributed by atoms with Gasteiger partial charge >= 0.3 is 5.97 Å². The molecule has 2 fully saturated rings. The molecule has 2 aliphatic rings. The van der Waals surface area contributed by atoms with Gasteiger partial charge in [-0.25, -0.2) is 4.79 Å². The molecule has 0 bridgehead atoms. The quantitative estimate of drug-likeness (QED) is 0.401. The monoisotopic (exact) mass is 336 g/mol. The highest BCUT2D eigenvalue weighted by Gasteiger charge is 2.25. The van der Waals surface area contributed by atoms with E-state index >= 15 is 0 Å². The molecular formula is C18H32N4O2. The third kappa shape index (κ3) is 5.16. The summed E-state index contributed by atoms with van der Waals surface area (Å²) >= 11 is 0. The highest BCUT2D eigenvalue weighted by molar-refractivity contribution is 5.92. The molecular weight excluding hydrogens is 304 g/mol. The molecule has 5 N–H and O–H groups in total. The number of carbonyl (C=O) groups is 1. The van der Waals surface area contributed by atoms with Crippen LogP contribution in [-0.4, -0.2) is 43.2 Å². The van der Waals surface area contributed by atoms with Crippen molar-refractivity contribution < 1.29 is 9.53 Å². The van der Waals surface area contributed by atoms with Gasteiger partial charge in [0.15, 0.2) is 0 Å². The SMILES string of the molecule is COC(=O)C(/C=C(/C)N)=C(/N)N1CCC(NC2CCCCC2)CC1. The van der Waals surface area contributed by atoms with Crippen molar-refractivity contribution in [1.29, 1.82) is 0 Å². The molecule has 1 heterocycles. The average molecular weight is 336 g/mol. The number of nitrogens with zero attached hydrogens (tertiary/aromatic N) is 1. The fourth-order valence-corrected chi connectivity index (χ4v) is 3.64. The van der Waals surface area contributed by atoms with Crippen molar-refractivity contribution in [2.24, 2.45) is 11.5 Å². The van der Waals surface area contributed by atoms with Gasteiger partial charge in [-0.05, 0) is 38.7 Å². The minimum absolute atomic E-state index is 0.344. The van der Waals surface area contributed by atoms with Crippen molar-refractivity contribution in [2.75, 3.05) is 20.2 Å². The summed E-state index contributed by atoms with van der Waals surface area (Å²) in [5, 5.41) is 3.81. The Morgan fingerprint density at radius 1 is 1.08 bits per heavy atom. The first-order valence-electron chi connectivity index (χ1n) is 9.04. The summed E-state index contributed by atoms with van der Waals surface area (Å²) in [4.78, 5) is 14.0. The Morgan fingerprint density at radius 2 is 1.67 bits per heavy atom. The van der Waals surface area contributed by atoms with E-state index < -0.39 is 5.97 Å². The molecule has 24 heavy (non-hydrogen) atoms. The molecule has 6 heteroatoms. The molecule has 2 rings (SSSR count). The number of rotatable bonds is 5. The second-order valence-corrected chi connectivity index (χ2v) is 6.94. The highest BCUT2D eigenvalue weighted by atomic mass is 16.5. The van der Waals surface area contributed by atoms with Gasteiger partial charge in [0.05, 0.1) is 7.11 Å². The van der Waals surface area contributed by atoms with E-state index in [9.17, 15) is 4.79 Å². The van der Waals surface area contributed by atoms with E-state index in [-0.39, 0.29) is 0 Å². The van der Waals surface area contributed by atoms with Gasteiger partial charge < -0.3 is 26.4 Å². The lowest BCUT2D eigenvalue weighted by atomic mass is 9.93. The maximum Gasteiger partial charge on any atom is 0.341 e. The number of nitrogens with one attached hydrogen (secondary N) is 1. The van der Waals surface area contributed by atoms with Crippen LogP contribution in [0.1, 0.15) is 51.9 Å². The number of methoxy groups -OCH3 is 1. The lowest BCUT2D eigenvalue weighted by Crippen LogP contribution is -2.47. The maximum absolute atomic E-state index is 12.0. The van der Waals surface area contributed by atoms with E-state index in [0.29, 0.717) is 29.2 Å². The molecule has 0 unspecified atom stereocenters. The standard InChI is InChI=1S/C18H32N4O2/c1-13(19)12-16(18(23)24-2)17(20)22-10-8-15(9-11-22)21-14-6-4-3-5-7-14/h12,14-15,21H,3-11,19-20H2,1-2H3/b13-12-,17-16-. The van der Waals surface area contributed by atoms with Crippen molar-refractivity contribution in [2.45, 2.75) is 64.0 Å². The van der Waals surface area contributed by atoms with Crippen molar-refractivity contribution in [3.8, 4) is 0 Å². The zero-order valence-electron chi connectivity index (χ0n) is 15.0. The molecule has 0 radical (unpaired) electrons. The molecule has 0 aromatic rings. The first-order valence-corrected chi connectivity index (χ1v) is 9.04. The van der Waals surface area contributed by atoms with Crippen LogP contribution in [0.15, 0.2) is 23.2 Å². The first-order chi connectivity index (χ1) is 11.5. The molecule has 136 valence electrons. The van der Waals surface area contributed by atoms with Gasteiger partial charge in [0.25, 0.3) is 0 Å². The summed E-state index contributed by atoms with van der Waals surface area (Å²) in [6.45, 7) is 3.42. The minimum atomic E-state index is -0.445. The molecule has 1 saturated carbocycles. The fourth-order valence-electron chi connectivity index (χ4n) is 3.64. The predicted molar refractivity (Wildman–Crippen MR) is 95.8 cm³/mol. The lowest BCUT2D eigenvalue weighted by Gasteiger charge is -2.37. The molecule has 0 spiro atoms. The Labute approximate surface area is 145 Å². The van der Waals surface area contributed by atoms with Crippen molar-refractivity contribution in [3.63, 3.8) is 0 Å². The third-order valence-electron chi connectivity index (χ3n) is 4.97. The summed E-state index contributed by atoms with van der Waals surface area (Å²) in [5.41, 5.74) is 12.8. The van der Waals surface area contributed by atoms with Crippen LogP contribution >= 0.6 is 0 Å². The minimum Gasteiger partial charge on any atom is -0.465 e. The van der Waals surface area contributed by atoms with Gasteiger partial charge in [-0.1, -0.05) is 19.3 Å². The average Bonchev–Trinajstić information content (AvgIpc) is 2.60. The van der Waals surface area contributed by atoms with Crippen molar-refractivity contribution in [3.05, 3.63) is 23.2 Å². The van der Waals surface area contributed by atoms with E-state index in [4.69, 9.17) is 16.2 Å². The molecule has 6 nitrogen and oxygen atoms in total. The van der Waals surface area contributed by atoms with E-state index in [0.717, 1.165) is 25.9 Å². The van der Waals surface area contributed by atoms with Crippen LogP contribution in [0, 0.1) is 0 Å². The normalized spacial score (nSPS) is 22.2. The Morgan fingerprint density at radius 3 is 2.21 bits per heavy atom. The predicted octanol–water partition coefficient (Wildman–Crippen LogP) is 1.58. The van der Waals surface area contributed by atoms with E-state index in [1.54, 1.807) is 13.0 Å². The number of ether oxygens (including phenoxy) is 1. The number of hydrogen-bond donors (Lipinski definition) is 3. The molecule has 1 saturated heterocycles. The van der Waals surface area contributed by atoms with Crippen LogP contribution in [0.4, 0.5) is 0 Å². The zero-order chi connectivity index (χ0) is 17.5. The smallest absolute Gasteiger partial charge is 0.341 e. The summed E-state index contributed by atoms with van der Waals surface area (Å²) in [5.74, 6) is 0.0162. The Balaban J connectivity index is 1.94. The summed E-state index contributed by atoms with van der Waals surface area (Å²) in [7, 11) is 1.36. The number of piperidine rings is 1. The van der Waals surface area contributed by atoms with Gasteiger partial charge in [0, 0.05) is 30.9 Å². The van der Waals surface area contributed by atoms with Gasteiger partial charge in [0.1, 0.15) is 11.4 Å². The van der Waals surface area contributed by atoms with E-state index in [1.165, 1.54) is 39.2 Å². The largest absolute Gasteiger partial charge is 0.465 e. The van der Waals surface area contributed by atoms with Gasteiger partial charge in [-0.2, -0.15) is 0 Å². The third-order valence-corrected chi connectivity index (χ3v) is 4.97. The number of allylic oxidation sites excluding steroid dienone is 1. The topological polar surface area (TPSA) is 93.6 Å². The van der Waals surface area contributed by atoms with Crippen molar-refractivity contribution in [1.82, 2.24) is 10.2 Å². The first kappa shape index (κ1) is 18.6. The van der Waals surface area contributed by atoms with Gasteiger partial charge in [-0.15, -0.1) is 0 Å². The molecule has 0 aromatic carbocycles. The van der Waals surface area contributed by atoms with Crippen LogP contribution < -0.4 is 16.8 Å². The number of likely N-dealkylation sites (tertiary alicyclic amines) is 1. The Kier molecular flexibility index (Phi) is 6.97. The Bertz CT molecular complexity index is 483. The number of carbonyl (C=O) groups excluding carboxylic acids is 1. The molecule has 1 aliphatic carbocycles. The number of esters is 1. The van der Waals surface area contributed by atoms with E-state index in [1.807, 2.05) is 0 Å². The van der Waals surface area contributed by atoms with Crippen LogP contribution in [0.25, 0.3) is 0 Å². The number of nitrogens with two attached hydrogens (primary N) is 2. The second kappa shape index (κ2) is 8.97. The van der Waals surface area contributed by atoms with Gasteiger partial charge in [0.2, 0.25) is 0 Å². The fraction of sp³-hybridized carbons (Fsp3) is 0.722. The second-order valence-electron chi connectivity index (χ2n) is 6.94. The summed E-state index contributed by atoms with van der Waals surface area (Å²) < 4.78 is 4.83. The van der Waals surface area contributed by atoms with Crippen molar-refractivity contribution >= 4 is 5.97 Å². The van der Waals surface area contributed by atoms with E-state index in [2.05, 4.69) is 10.2 Å².